The van der Waals surface area contributed by atoms with Crippen LogP contribution in [-0.2, 0) is 6.61 Å². The average molecular weight is 280 g/mol. The minimum Gasteiger partial charge on any atom is -0.488 e. The standard InChI is InChI=1S/C17H13FN2O/c1-11-3-13(8-19)4-12(2)17(11)21-10-15-5-14(9-20)6-16(18)7-15/h3-7H,10H2,1-2H3. The molecule has 0 aromatic heterocycles. The van der Waals surface area contributed by atoms with Crippen molar-refractivity contribution in [3.63, 3.8) is 0 Å². The number of hydrogen-bond acceptors (Lipinski definition) is 3. The third-order valence-electron chi connectivity index (χ3n) is 3.06. The Kier molecular flexibility index (Phi) is 4.21. The van der Waals surface area contributed by atoms with E-state index in [2.05, 4.69) is 6.07 Å². The Morgan fingerprint density at radius 1 is 0.952 bits per heavy atom. The monoisotopic (exact) mass is 280 g/mol. The van der Waals surface area contributed by atoms with Crippen molar-refractivity contribution in [3.8, 4) is 17.9 Å². The van der Waals surface area contributed by atoms with Gasteiger partial charge < -0.3 is 4.74 Å². The molecule has 0 aliphatic carbocycles. The van der Waals surface area contributed by atoms with Gasteiger partial charge in [0.2, 0.25) is 0 Å². The maximum Gasteiger partial charge on any atom is 0.125 e. The molecule has 2 aromatic carbocycles. The van der Waals surface area contributed by atoms with Crippen LogP contribution in [0.3, 0.4) is 0 Å². The molecule has 3 nitrogen and oxygen atoms in total. The van der Waals surface area contributed by atoms with Gasteiger partial charge in [0, 0.05) is 0 Å². The van der Waals surface area contributed by atoms with E-state index in [1.54, 1.807) is 18.2 Å². The second-order valence-corrected chi connectivity index (χ2v) is 4.80. The molecule has 0 saturated heterocycles. The average Bonchev–Trinajstić information content (AvgIpc) is 2.45. The highest BCUT2D eigenvalue weighted by Crippen LogP contribution is 2.25. The number of nitrogens with zero attached hydrogens (tertiary/aromatic N) is 2. The van der Waals surface area contributed by atoms with Crippen LogP contribution < -0.4 is 4.74 Å². The molecule has 0 aliphatic rings. The Morgan fingerprint density at radius 3 is 2.10 bits per heavy atom. The van der Waals surface area contributed by atoms with Crippen molar-refractivity contribution in [2.75, 3.05) is 0 Å². The Bertz CT molecular complexity index is 746. The van der Waals surface area contributed by atoms with Crippen molar-refractivity contribution in [1.29, 1.82) is 10.5 Å². The van der Waals surface area contributed by atoms with Crippen molar-refractivity contribution >= 4 is 0 Å². The Morgan fingerprint density at radius 2 is 1.52 bits per heavy atom. The van der Waals surface area contributed by atoms with Crippen molar-refractivity contribution in [2.45, 2.75) is 20.5 Å². The molecular weight excluding hydrogens is 267 g/mol. The lowest BCUT2D eigenvalue weighted by atomic mass is 10.1. The highest BCUT2D eigenvalue weighted by Gasteiger charge is 2.08. The molecule has 0 radical (unpaired) electrons. The molecule has 104 valence electrons. The summed E-state index contributed by atoms with van der Waals surface area (Å²) in [6.45, 7) is 3.88. The fraction of sp³-hybridized carbons (Fsp3) is 0.176. The number of nitriles is 2. The largest absolute Gasteiger partial charge is 0.488 e. The molecule has 0 aliphatic heterocycles. The van der Waals surface area contributed by atoms with Crippen LogP contribution in [0.4, 0.5) is 4.39 Å². The van der Waals surface area contributed by atoms with Gasteiger partial charge in [-0.3, -0.25) is 0 Å². The topological polar surface area (TPSA) is 56.8 Å². The number of aryl methyl sites for hydroxylation is 2. The second kappa shape index (κ2) is 6.07. The van der Waals surface area contributed by atoms with E-state index in [9.17, 15) is 4.39 Å². The lowest BCUT2D eigenvalue weighted by Gasteiger charge is -2.13. The summed E-state index contributed by atoms with van der Waals surface area (Å²) in [6.07, 6.45) is 0. The third kappa shape index (κ3) is 3.38. The maximum atomic E-state index is 13.4. The normalized spacial score (nSPS) is 9.76. The zero-order chi connectivity index (χ0) is 15.4. The maximum absolute atomic E-state index is 13.4. The van der Waals surface area contributed by atoms with Crippen molar-refractivity contribution in [1.82, 2.24) is 0 Å². The van der Waals surface area contributed by atoms with Gasteiger partial charge in [0.1, 0.15) is 18.2 Å². The molecule has 0 fully saturated rings. The SMILES string of the molecule is Cc1cc(C#N)cc(C)c1OCc1cc(F)cc(C#N)c1. The summed E-state index contributed by atoms with van der Waals surface area (Å²) in [5.74, 6) is 0.220. The zero-order valence-electron chi connectivity index (χ0n) is 11.8. The molecule has 0 heterocycles. The van der Waals surface area contributed by atoms with Crippen LogP contribution >= 0.6 is 0 Å². The first-order valence-corrected chi connectivity index (χ1v) is 6.37. The van der Waals surface area contributed by atoms with Crippen LogP contribution in [0.5, 0.6) is 5.75 Å². The van der Waals surface area contributed by atoms with E-state index in [1.165, 1.54) is 12.1 Å². The highest BCUT2D eigenvalue weighted by atomic mass is 19.1. The van der Waals surface area contributed by atoms with Crippen molar-refractivity contribution in [2.24, 2.45) is 0 Å². The molecule has 0 saturated carbocycles. The van der Waals surface area contributed by atoms with Gasteiger partial charge in [-0.1, -0.05) is 0 Å². The summed E-state index contributed by atoms with van der Waals surface area (Å²) < 4.78 is 19.1. The van der Waals surface area contributed by atoms with Crippen molar-refractivity contribution in [3.05, 3.63) is 64.0 Å². The molecule has 2 aromatic rings. The third-order valence-corrected chi connectivity index (χ3v) is 3.06. The Balaban J connectivity index is 2.23. The van der Waals surface area contributed by atoms with Gasteiger partial charge >= 0.3 is 0 Å². The van der Waals surface area contributed by atoms with Crippen LogP contribution in [0.15, 0.2) is 30.3 Å². The molecule has 0 spiro atoms. The lowest BCUT2D eigenvalue weighted by molar-refractivity contribution is 0.301. The van der Waals surface area contributed by atoms with E-state index in [-0.39, 0.29) is 12.2 Å². The number of ether oxygens (including phenoxy) is 1. The molecule has 0 N–H and O–H groups in total. The van der Waals surface area contributed by atoms with Crippen LogP contribution in [0.1, 0.15) is 27.8 Å². The minimum absolute atomic E-state index is 0.167. The molecular formula is C17H13FN2O. The van der Waals surface area contributed by atoms with Crippen LogP contribution in [0.25, 0.3) is 0 Å². The summed E-state index contributed by atoms with van der Waals surface area (Å²) in [5, 5.41) is 17.7. The van der Waals surface area contributed by atoms with E-state index in [0.29, 0.717) is 16.9 Å². The quantitative estimate of drug-likeness (QED) is 0.860. The van der Waals surface area contributed by atoms with Crippen LogP contribution in [0, 0.1) is 42.3 Å². The van der Waals surface area contributed by atoms with Gasteiger partial charge in [-0.05, 0) is 60.9 Å². The van der Waals surface area contributed by atoms with Gasteiger partial charge in [0.05, 0.1) is 23.3 Å². The van der Waals surface area contributed by atoms with Gasteiger partial charge in [-0.2, -0.15) is 10.5 Å². The summed E-state index contributed by atoms with van der Waals surface area (Å²) in [5.41, 5.74) is 3.14. The Labute approximate surface area is 122 Å². The van der Waals surface area contributed by atoms with Gasteiger partial charge in [0.25, 0.3) is 0 Å². The summed E-state index contributed by atoms with van der Waals surface area (Å²) in [6, 6.07) is 11.6. The van der Waals surface area contributed by atoms with E-state index >= 15 is 0 Å². The van der Waals surface area contributed by atoms with Crippen molar-refractivity contribution < 1.29 is 9.13 Å². The first-order valence-electron chi connectivity index (χ1n) is 6.37. The van der Waals surface area contributed by atoms with Gasteiger partial charge in [-0.25, -0.2) is 4.39 Å². The summed E-state index contributed by atoms with van der Waals surface area (Å²) >= 11 is 0. The predicted octanol–water partition coefficient (Wildman–Crippen LogP) is 3.76. The zero-order valence-corrected chi connectivity index (χ0v) is 11.8. The number of rotatable bonds is 3. The fourth-order valence-corrected chi connectivity index (χ4v) is 2.20. The molecule has 2 rings (SSSR count). The van der Waals surface area contributed by atoms with Gasteiger partial charge in [0.15, 0.2) is 0 Å². The van der Waals surface area contributed by atoms with Crippen LogP contribution in [-0.4, -0.2) is 0 Å². The molecule has 0 amide bonds. The molecule has 0 bridgehead atoms. The van der Waals surface area contributed by atoms with E-state index in [1.807, 2.05) is 19.9 Å². The van der Waals surface area contributed by atoms with Crippen LogP contribution in [0.2, 0.25) is 0 Å². The van der Waals surface area contributed by atoms with E-state index in [0.717, 1.165) is 11.1 Å². The van der Waals surface area contributed by atoms with E-state index in [4.69, 9.17) is 15.3 Å². The molecule has 21 heavy (non-hydrogen) atoms. The van der Waals surface area contributed by atoms with E-state index < -0.39 is 5.82 Å². The lowest BCUT2D eigenvalue weighted by Crippen LogP contribution is -2.00. The first kappa shape index (κ1) is 14.6. The summed E-state index contributed by atoms with van der Waals surface area (Å²) in [7, 11) is 0. The first-order chi connectivity index (χ1) is 10.0. The molecule has 0 unspecified atom stereocenters. The minimum atomic E-state index is -0.457. The number of hydrogen-bond donors (Lipinski definition) is 0. The molecule has 0 atom stereocenters. The Hall–Kier alpha value is -2.85. The second-order valence-electron chi connectivity index (χ2n) is 4.80. The fourth-order valence-electron chi connectivity index (χ4n) is 2.20. The van der Waals surface area contributed by atoms with Gasteiger partial charge in [-0.15, -0.1) is 0 Å². The smallest absolute Gasteiger partial charge is 0.125 e. The highest BCUT2D eigenvalue weighted by molar-refractivity contribution is 5.47. The predicted molar refractivity (Wildman–Crippen MR) is 76.1 cm³/mol. The number of benzene rings is 2. The molecule has 4 heteroatoms. The number of halogens is 1. The summed E-state index contributed by atoms with van der Waals surface area (Å²) in [4.78, 5) is 0.